The number of hydrogen-bond donors (Lipinski definition) is 0. The first-order valence-electron chi connectivity index (χ1n) is 14.2. The molecule has 5 aromatic rings. The van der Waals surface area contributed by atoms with Crippen molar-refractivity contribution in [1.82, 2.24) is 14.5 Å². The smallest absolute Gasteiger partial charge is 0.433 e. The Morgan fingerprint density at radius 1 is 1.09 bits per heavy atom. The number of rotatable bonds is 8. The number of carbonyl (C=O) groups is 1. The van der Waals surface area contributed by atoms with E-state index in [4.69, 9.17) is 9.15 Å². The van der Waals surface area contributed by atoms with Gasteiger partial charge in [-0.2, -0.15) is 13.2 Å². The molecule has 0 saturated heterocycles. The van der Waals surface area contributed by atoms with Crippen LogP contribution in [-0.4, -0.2) is 33.4 Å². The summed E-state index contributed by atoms with van der Waals surface area (Å²) in [6.07, 6.45) is -1.18. The molecule has 0 radical (unpaired) electrons. The molecule has 2 aromatic carbocycles. The fraction of sp³-hybridized carbons (Fsp3) is 0.182. The van der Waals surface area contributed by atoms with E-state index < -0.39 is 23.9 Å². The second-order valence-electron chi connectivity index (χ2n) is 10.1. The maximum Gasteiger partial charge on any atom is 0.433 e. The Kier molecular flexibility index (Phi) is 9.26. The average Bonchev–Trinajstić information content (AvgIpc) is 3.62. The van der Waals surface area contributed by atoms with E-state index in [0.29, 0.717) is 20.6 Å². The normalized spacial score (nSPS) is 15.0. The van der Waals surface area contributed by atoms with E-state index in [1.165, 1.54) is 10.6 Å². The minimum atomic E-state index is -4.68. The van der Waals surface area contributed by atoms with E-state index in [2.05, 4.69) is 15.0 Å². The van der Waals surface area contributed by atoms with Crippen LogP contribution >= 0.6 is 34.9 Å². The van der Waals surface area contributed by atoms with Crippen molar-refractivity contribution in [1.29, 1.82) is 0 Å². The SMILES string of the molecule is CCOC(=O)C1=C(C)N=c2s/c(=C/c3ccc(Sc4nc(-c5ccccc5)cc(C(F)(F)F)n4)o3)c(=O)n2[C@@H]1c1ccc(SC)cc1. The van der Waals surface area contributed by atoms with Crippen molar-refractivity contribution in [2.24, 2.45) is 4.99 Å². The average molecular weight is 695 g/mol. The number of carbonyl (C=O) groups excluding carboxylic acids is 1. The quantitative estimate of drug-likeness (QED) is 0.100. The number of nitrogens with zero attached hydrogens (tertiary/aromatic N) is 4. The number of fused-ring (bicyclic) bond motifs is 1. The van der Waals surface area contributed by atoms with E-state index >= 15 is 0 Å². The van der Waals surface area contributed by atoms with Crippen molar-refractivity contribution < 1.29 is 27.1 Å². The predicted molar refractivity (Wildman–Crippen MR) is 174 cm³/mol. The second-order valence-corrected chi connectivity index (χ2v) is 13.0. The Morgan fingerprint density at radius 3 is 2.51 bits per heavy atom. The summed E-state index contributed by atoms with van der Waals surface area (Å²) < 4.78 is 54.1. The number of benzene rings is 2. The van der Waals surface area contributed by atoms with Crippen LogP contribution in [0.25, 0.3) is 17.3 Å². The molecule has 8 nitrogen and oxygen atoms in total. The number of thioether (sulfide) groups is 1. The van der Waals surface area contributed by atoms with Gasteiger partial charge in [0.25, 0.3) is 5.56 Å². The minimum Gasteiger partial charge on any atom is -0.463 e. The summed E-state index contributed by atoms with van der Waals surface area (Å²) in [5.74, 6) is -0.267. The lowest BCUT2D eigenvalue weighted by Crippen LogP contribution is -2.39. The molecule has 0 saturated carbocycles. The Hall–Kier alpha value is -4.40. The molecule has 1 atom stereocenters. The standard InChI is InChI=1S/C33H25F3N4O4S3/c1-4-43-30(42)27-18(2)37-32-40(28(27)20-10-13-22(45-3)14-11-20)29(41)24(46-32)16-21-12-15-26(44-21)47-31-38-23(19-8-6-5-7-9-19)17-25(39-31)33(34,35)36/h5-17,28H,4H2,1-3H3/b24-16+/t28-/m1/s1. The number of allylic oxidation sites excluding steroid dienone is 1. The Morgan fingerprint density at radius 2 is 1.83 bits per heavy atom. The molecule has 0 unspecified atom stereocenters. The number of esters is 1. The zero-order chi connectivity index (χ0) is 33.3. The highest BCUT2D eigenvalue weighted by Gasteiger charge is 2.35. The third-order valence-electron chi connectivity index (χ3n) is 7.08. The third-order valence-corrected chi connectivity index (χ3v) is 9.59. The van der Waals surface area contributed by atoms with Gasteiger partial charge in [-0.3, -0.25) is 9.36 Å². The van der Waals surface area contributed by atoms with Crippen molar-refractivity contribution in [3.8, 4) is 11.3 Å². The third kappa shape index (κ3) is 6.85. The van der Waals surface area contributed by atoms with Gasteiger partial charge in [0.15, 0.2) is 15.1 Å². The van der Waals surface area contributed by atoms with Crippen molar-refractivity contribution in [2.45, 2.75) is 41.2 Å². The molecular weight excluding hydrogens is 670 g/mol. The number of halogens is 3. The molecule has 4 heterocycles. The zero-order valence-corrected chi connectivity index (χ0v) is 27.5. The maximum atomic E-state index is 13.9. The van der Waals surface area contributed by atoms with Crippen LogP contribution in [0.15, 0.2) is 113 Å². The van der Waals surface area contributed by atoms with Gasteiger partial charge in [0.2, 0.25) is 0 Å². The molecule has 240 valence electrons. The summed E-state index contributed by atoms with van der Waals surface area (Å²) in [5.41, 5.74) is 0.618. The van der Waals surface area contributed by atoms with Gasteiger partial charge >= 0.3 is 12.1 Å². The molecule has 0 amide bonds. The van der Waals surface area contributed by atoms with E-state index in [1.807, 2.05) is 30.5 Å². The first-order chi connectivity index (χ1) is 22.5. The van der Waals surface area contributed by atoms with E-state index in [0.717, 1.165) is 39.6 Å². The Bertz CT molecular complexity index is 2170. The molecular formula is C33H25F3N4O4S3. The maximum absolute atomic E-state index is 13.9. The molecule has 6 rings (SSSR count). The summed E-state index contributed by atoms with van der Waals surface area (Å²) >= 11 is 3.54. The number of aromatic nitrogens is 3. The lowest BCUT2D eigenvalue weighted by atomic mass is 9.96. The molecule has 0 fully saturated rings. The monoisotopic (exact) mass is 694 g/mol. The summed E-state index contributed by atoms with van der Waals surface area (Å²) in [6.45, 7) is 3.58. The second kappa shape index (κ2) is 13.4. The summed E-state index contributed by atoms with van der Waals surface area (Å²) in [5, 5.41) is 0.0861. The fourth-order valence-corrected chi connectivity index (χ4v) is 7.13. The molecule has 0 aliphatic carbocycles. The lowest BCUT2D eigenvalue weighted by Gasteiger charge is -2.24. The summed E-state index contributed by atoms with van der Waals surface area (Å²) in [4.78, 5) is 41.0. The van der Waals surface area contributed by atoms with Crippen molar-refractivity contribution in [3.63, 3.8) is 0 Å². The van der Waals surface area contributed by atoms with Crippen LogP contribution in [0.3, 0.4) is 0 Å². The predicted octanol–water partition coefficient (Wildman–Crippen LogP) is 6.74. The van der Waals surface area contributed by atoms with Crippen LogP contribution in [0.4, 0.5) is 13.2 Å². The van der Waals surface area contributed by atoms with Crippen LogP contribution < -0.4 is 14.9 Å². The van der Waals surface area contributed by atoms with E-state index in [9.17, 15) is 22.8 Å². The van der Waals surface area contributed by atoms with Gasteiger partial charge in [-0.1, -0.05) is 53.8 Å². The van der Waals surface area contributed by atoms with Crippen LogP contribution in [-0.2, 0) is 15.7 Å². The molecule has 14 heteroatoms. The van der Waals surface area contributed by atoms with Gasteiger partial charge in [0.05, 0.1) is 34.1 Å². The van der Waals surface area contributed by atoms with Gasteiger partial charge in [-0.25, -0.2) is 19.8 Å². The molecule has 47 heavy (non-hydrogen) atoms. The summed E-state index contributed by atoms with van der Waals surface area (Å²) in [7, 11) is 0. The van der Waals surface area contributed by atoms with Gasteiger partial charge < -0.3 is 9.15 Å². The summed E-state index contributed by atoms with van der Waals surface area (Å²) in [6, 6.07) is 19.4. The van der Waals surface area contributed by atoms with Crippen molar-refractivity contribution in [2.75, 3.05) is 12.9 Å². The highest BCUT2D eigenvalue weighted by Crippen LogP contribution is 2.35. The zero-order valence-electron chi connectivity index (χ0n) is 25.1. The Balaban J connectivity index is 1.37. The first kappa shape index (κ1) is 32.5. The van der Waals surface area contributed by atoms with E-state index in [-0.39, 0.29) is 39.4 Å². The van der Waals surface area contributed by atoms with Crippen LogP contribution in [0.5, 0.6) is 0 Å². The Labute approximate surface area is 278 Å². The lowest BCUT2D eigenvalue weighted by molar-refractivity contribution is -0.141. The highest BCUT2D eigenvalue weighted by molar-refractivity contribution is 7.99. The van der Waals surface area contributed by atoms with Crippen LogP contribution in [0.2, 0.25) is 0 Å². The topological polar surface area (TPSA) is 99.6 Å². The van der Waals surface area contributed by atoms with Gasteiger partial charge in [0, 0.05) is 16.5 Å². The molecule has 1 aliphatic rings. The largest absolute Gasteiger partial charge is 0.463 e. The van der Waals surface area contributed by atoms with E-state index in [1.54, 1.807) is 68.1 Å². The van der Waals surface area contributed by atoms with Crippen molar-refractivity contribution >= 4 is 46.9 Å². The van der Waals surface area contributed by atoms with Crippen LogP contribution in [0.1, 0.15) is 36.9 Å². The molecule has 0 bridgehead atoms. The van der Waals surface area contributed by atoms with Crippen molar-refractivity contribution in [3.05, 3.63) is 121 Å². The number of alkyl halides is 3. The molecule has 3 aromatic heterocycles. The van der Waals surface area contributed by atoms with Gasteiger partial charge in [-0.15, -0.1) is 11.8 Å². The fourth-order valence-electron chi connectivity index (χ4n) is 4.95. The number of hydrogen-bond acceptors (Lipinski definition) is 10. The molecule has 0 spiro atoms. The highest BCUT2D eigenvalue weighted by atomic mass is 32.2. The first-order valence-corrected chi connectivity index (χ1v) is 17.0. The minimum absolute atomic E-state index is 0.124. The number of thiazole rings is 1. The van der Waals surface area contributed by atoms with Crippen LogP contribution in [0, 0.1) is 0 Å². The van der Waals surface area contributed by atoms with Gasteiger partial charge in [-0.05, 0) is 67.8 Å². The molecule has 0 N–H and O–H groups in total. The van der Waals surface area contributed by atoms with Gasteiger partial charge in [0.1, 0.15) is 11.5 Å². The molecule has 1 aliphatic heterocycles. The number of furan rings is 1. The number of ether oxygens (including phenoxy) is 1.